The first-order valence-corrected chi connectivity index (χ1v) is 6.97. The summed E-state index contributed by atoms with van der Waals surface area (Å²) in [4.78, 5) is 14.1. The van der Waals surface area contributed by atoms with Crippen LogP contribution in [0.2, 0.25) is 0 Å². The van der Waals surface area contributed by atoms with Gasteiger partial charge in [0.25, 0.3) is 0 Å². The lowest BCUT2D eigenvalue weighted by molar-refractivity contribution is -0.126. The Morgan fingerprint density at radius 3 is 2.79 bits per heavy atom. The van der Waals surface area contributed by atoms with Crippen LogP contribution in [0.3, 0.4) is 0 Å². The van der Waals surface area contributed by atoms with E-state index in [0.717, 1.165) is 32.5 Å². The predicted molar refractivity (Wildman–Crippen MR) is 76.6 cm³/mol. The SMILES string of the molecule is CCNC1(C(N)=O)CCCN(Cc2ccccc2)C1. The lowest BCUT2D eigenvalue weighted by atomic mass is 9.88. The second-order valence-corrected chi connectivity index (χ2v) is 5.28. The molecule has 0 aliphatic carbocycles. The van der Waals surface area contributed by atoms with Crippen LogP contribution in [0.15, 0.2) is 30.3 Å². The number of hydrogen-bond acceptors (Lipinski definition) is 3. The molecule has 2 rings (SSSR count). The van der Waals surface area contributed by atoms with Crippen LogP contribution in [-0.2, 0) is 11.3 Å². The molecular weight excluding hydrogens is 238 g/mol. The van der Waals surface area contributed by atoms with E-state index in [0.29, 0.717) is 6.54 Å². The van der Waals surface area contributed by atoms with Crippen molar-refractivity contribution < 1.29 is 4.79 Å². The van der Waals surface area contributed by atoms with Gasteiger partial charge in [-0.3, -0.25) is 9.69 Å². The first-order chi connectivity index (χ1) is 9.16. The van der Waals surface area contributed by atoms with Gasteiger partial charge in [0.15, 0.2) is 0 Å². The highest BCUT2D eigenvalue weighted by Crippen LogP contribution is 2.22. The van der Waals surface area contributed by atoms with Crippen LogP contribution in [0.1, 0.15) is 25.3 Å². The molecule has 1 amide bonds. The minimum Gasteiger partial charge on any atom is -0.368 e. The molecule has 1 saturated heterocycles. The molecule has 1 aromatic rings. The summed E-state index contributed by atoms with van der Waals surface area (Å²) in [6.45, 7) is 5.38. The van der Waals surface area contributed by atoms with E-state index in [2.05, 4.69) is 22.3 Å². The molecular formula is C15H23N3O. The molecule has 3 N–H and O–H groups in total. The number of benzene rings is 1. The van der Waals surface area contributed by atoms with E-state index in [1.54, 1.807) is 0 Å². The van der Waals surface area contributed by atoms with Crippen molar-refractivity contribution in [3.63, 3.8) is 0 Å². The normalized spacial score (nSPS) is 24.3. The van der Waals surface area contributed by atoms with E-state index >= 15 is 0 Å². The first kappa shape index (κ1) is 14.0. The summed E-state index contributed by atoms with van der Waals surface area (Å²) in [5, 5.41) is 3.30. The summed E-state index contributed by atoms with van der Waals surface area (Å²) in [5.41, 5.74) is 6.34. The number of rotatable bonds is 5. The van der Waals surface area contributed by atoms with Gasteiger partial charge in [-0.25, -0.2) is 0 Å². The average Bonchev–Trinajstić information content (AvgIpc) is 2.40. The molecule has 4 nitrogen and oxygen atoms in total. The lowest BCUT2D eigenvalue weighted by Crippen LogP contribution is -2.63. The van der Waals surface area contributed by atoms with Gasteiger partial charge >= 0.3 is 0 Å². The third-order valence-electron chi connectivity index (χ3n) is 3.81. The Morgan fingerprint density at radius 1 is 1.42 bits per heavy atom. The quantitative estimate of drug-likeness (QED) is 0.835. The Morgan fingerprint density at radius 2 is 2.16 bits per heavy atom. The van der Waals surface area contributed by atoms with Crippen molar-refractivity contribution in [1.82, 2.24) is 10.2 Å². The summed E-state index contributed by atoms with van der Waals surface area (Å²) < 4.78 is 0. The van der Waals surface area contributed by atoms with Crippen LogP contribution in [0.4, 0.5) is 0 Å². The van der Waals surface area contributed by atoms with Crippen LogP contribution in [0.25, 0.3) is 0 Å². The number of amides is 1. The maximum absolute atomic E-state index is 11.8. The molecule has 1 unspecified atom stereocenters. The van der Waals surface area contributed by atoms with Crippen molar-refractivity contribution in [3.8, 4) is 0 Å². The molecule has 1 aliphatic heterocycles. The minimum atomic E-state index is -0.554. The molecule has 104 valence electrons. The van der Waals surface area contributed by atoms with E-state index in [9.17, 15) is 4.79 Å². The smallest absolute Gasteiger partial charge is 0.239 e. The van der Waals surface area contributed by atoms with Gasteiger partial charge < -0.3 is 11.1 Å². The number of nitrogens with zero attached hydrogens (tertiary/aromatic N) is 1. The summed E-state index contributed by atoms with van der Waals surface area (Å²) >= 11 is 0. The van der Waals surface area contributed by atoms with E-state index in [-0.39, 0.29) is 5.91 Å². The Kier molecular flexibility index (Phi) is 4.56. The number of carbonyl (C=O) groups is 1. The van der Waals surface area contributed by atoms with Crippen LogP contribution >= 0.6 is 0 Å². The van der Waals surface area contributed by atoms with E-state index in [4.69, 9.17) is 5.73 Å². The van der Waals surface area contributed by atoms with Gasteiger partial charge in [0.1, 0.15) is 5.54 Å². The van der Waals surface area contributed by atoms with Gasteiger partial charge in [-0.15, -0.1) is 0 Å². The van der Waals surface area contributed by atoms with Crippen molar-refractivity contribution in [1.29, 1.82) is 0 Å². The molecule has 1 aromatic carbocycles. The second kappa shape index (κ2) is 6.17. The zero-order valence-electron chi connectivity index (χ0n) is 11.6. The average molecular weight is 261 g/mol. The topological polar surface area (TPSA) is 58.4 Å². The molecule has 0 bridgehead atoms. The van der Waals surface area contributed by atoms with E-state index < -0.39 is 5.54 Å². The summed E-state index contributed by atoms with van der Waals surface area (Å²) in [7, 11) is 0. The van der Waals surface area contributed by atoms with Crippen LogP contribution in [0.5, 0.6) is 0 Å². The number of nitrogens with one attached hydrogen (secondary N) is 1. The largest absolute Gasteiger partial charge is 0.368 e. The number of hydrogen-bond donors (Lipinski definition) is 2. The molecule has 1 atom stereocenters. The molecule has 0 spiro atoms. The molecule has 1 fully saturated rings. The Labute approximate surface area is 115 Å². The fourth-order valence-electron chi connectivity index (χ4n) is 2.89. The van der Waals surface area contributed by atoms with E-state index in [1.807, 2.05) is 25.1 Å². The highest BCUT2D eigenvalue weighted by Gasteiger charge is 2.39. The third kappa shape index (κ3) is 3.33. The lowest BCUT2D eigenvalue weighted by Gasteiger charge is -2.41. The Hall–Kier alpha value is -1.39. The number of piperidine rings is 1. The van der Waals surface area contributed by atoms with Gasteiger partial charge in [-0.05, 0) is 31.5 Å². The maximum atomic E-state index is 11.8. The fourth-order valence-corrected chi connectivity index (χ4v) is 2.89. The fraction of sp³-hybridized carbons (Fsp3) is 0.533. The number of likely N-dealkylation sites (tertiary alicyclic amines) is 1. The van der Waals surface area contributed by atoms with Crippen molar-refractivity contribution in [2.24, 2.45) is 5.73 Å². The van der Waals surface area contributed by atoms with Gasteiger partial charge in [-0.2, -0.15) is 0 Å². The second-order valence-electron chi connectivity index (χ2n) is 5.28. The summed E-state index contributed by atoms with van der Waals surface area (Å²) in [6, 6.07) is 10.4. The highest BCUT2D eigenvalue weighted by molar-refractivity contribution is 5.85. The van der Waals surface area contributed by atoms with E-state index in [1.165, 1.54) is 5.56 Å². The maximum Gasteiger partial charge on any atom is 0.239 e. The standard InChI is InChI=1S/C15H23N3O/c1-2-17-15(14(16)19)9-6-10-18(12-15)11-13-7-4-3-5-8-13/h3-5,7-8,17H,2,6,9-12H2,1H3,(H2,16,19). The highest BCUT2D eigenvalue weighted by atomic mass is 16.1. The molecule has 1 heterocycles. The number of nitrogens with two attached hydrogens (primary N) is 1. The van der Waals surface area contributed by atoms with Crippen molar-refractivity contribution >= 4 is 5.91 Å². The zero-order valence-corrected chi connectivity index (χ0v) is 11.6. The van der Waals surface area contributed by atoms with Crippen LogP contribution < -0.4 is 11.1 Å². The van der Waals surface area contributed by atoms with Crippen LogP contribution in [0, 0.1) is 0 Å². The molecule has 4 heteroatoms. The van der Waals surface area contributed by atoms with Crippen molar-refractivity contribution in [2.45, 2.75) is 31.8 Å². The van der Waals surface area contributed by atoms with Gasteiger partial charge in [-0.1, -0.05) is 37.3 Å². The summed E-state index contributed by atoms with van der Waals surface area (Å²) in [6.07, 6.45) is 1.84. The number of carbonyl (C=O) groups excluding carboxylic acids is 1. The van der Waals surface area contributed by atoms with Gasteiger partial charge in [0.05, 0.1) is 0 Å². The number of primary amides is 1. The molecule has 19 heavy (non-hydrogen) atoms. The van der Waals surface area contributed by atoms with Crippen LogP contribution in [-0.4, -0.2) is 36.0 Å². The molecule has 1 aliphatic rings. The predicted octanol–water partition coefficient (Wildman–Crippen LogP) is 1.12. The zero-order chi connectivity index (χ0) is 13.7. The van der Waals surface area contributed by atoms with Gasteiger partial charge in [0.2, 0.25) is 5.91 Å². The van der Waals surface area contributed by atoms with Gasteiger partial charge in [0, 0.05) is 13.1 Å². The monoisotopic (exact) mass is 261 g/mol. The number of likely N-dealkylation sites (N-methyl/N-ethyl adjacent to an activating group) is 1. The summed E-state index contributed by atoms with van der Waals surface area (Å²) in [5.74, 6) is -0.230. The van der Waals surface area contributed by atoms with Crippen molar-refractivity contribution in [2.75, 3.05) is 19.6 Å². The first-order valence-electron chi connectivity index (χ1n) is 6.97. The molecule has 0 aromatic heterocycles. The Balaban J connectivity index is 2.05. The van der Waals surface area contributed by atoms with Crippen molar-refractivity contribution in [3.05, 3.63) is 35.9 Å². The molecule has 0 saturated carbocycles. The minimum absolute atomic E-state index is 0.230. The third-order valence-corrected chi connectivity index (χ3v) is 3.81. The Bertz CT molecular complexity index is 417. The molecule has 0 radical (unpaired) electrons.